The highest BCUT2D eigenvalue weighted by Crippen LogP contribution is 2.34. The molecule has 2 aromatic rings. The van der Waals surface area contributed by atoms with Crippen molar-refractivity contribution in [2.24, 2.45) is 0 Å². The maximum absolute atomic E-state index is 12.2. The Hall–Kier alpha value is -2.44. The van der Waals surface area contributed by atoms with Gasteiger partial charge in [-0.2, -0.15) is 0 Å². The van der Waals surface area contributed by atoms with E-state index >= 15 is 0 Å². The summed E-state index contributed by atoms with van der Waals surface area (Å²) in [5.74, 6) is 0.166. The van der Waals surface area contributed by atoms with Crippen LogP contribution in [0.2, 0.25) is 10.0 Å². The molecule has 1 heterocycles. The summed E-state index contributed by atoms with van der Waals surface area (Å²) in [7, 11) is 0. The van der Waals surface area contributed by atoms with Crippen LogP contribution in [0.3, 0.4) is 0 Å². The van der Waals surface area contributed by atoms with Gasteiger partial charge in [0.05, 0.1) is 16.5 Å². The molecule has 1 amide bonds. The molecule has 26 heavy (non-hydrogen) atoms. The summed E-state index contributed by atoms with van der Waals surface area (Å²) in [6, 6.07) is 9.87. The highest BCUT2D eigenvalue weighted by atomic mass is 35.5. The van der Waals surface area contributed by atoms with Gasteiger partial charge in [-0.3, -0.25) is 9.59 Å². The first-order valence-electron chi connectivity index (χ1n) is 7.76. The molecule has 2 aromatic carbocycles. The number of hydrogen-bond donors (Lipinski definition) is 1. The number of fused-ring (bicyclic) bond motifs is 1. The number of nitrogens with one attached hydrogen (secondary N) is 1. The third-order valence-corrected chi connectivity index (χ3v) is 4.39. The van der Waals surface area contributed by atoms with Crippen molar-refractivity contribution in [3.8, 4) is 11.5 Å². The molecule has 8 heteroatoms. The molecule has 1 atom stereocenters. The molecule has 0 bridgehead atoms. The second kappa shape index (κ2) is 7.85. The van der Waals surface area contributed by atoms with Crippen molar-refractivity contribution in [1.29, 1.82) is 0 Å². The average molecular weight is 396 g/mol. The Morgan fingerprint density at radius 3 is 2.65 bits per heavy atom. The second-order valence-electron chi connectivity index (χ2n) is 5.61. The molecule has 0 fully saturated rings. The lowest BCUT2D eigenvalue weighted by atomic mass is 10.1. The van der Waals surface area contributed by atoms with E-state index in [0.717, 1.165) is 0 Å². The van der Waals surface area contributed by atoms with Crippen molar-refractivity contribution in [2.75, 3.05) is 12.1 Å². The molecule has 0 radical (unpaired) electrons. The SMILES string of the molecule is C[C@H](OC(=O)Cc1ccc(Cl)c(Cl)c1)C(=O)Nc1ccc2c(c1)OCO2. The van der Waals surface area contributed by atoms with Gasteiger partial charge in [0.15, 0.2) is 17.6 Å². The largest absolute Gasteiger partial charge is 0.454 e. The minimum absolute atomic E-state index is 0.0153. The van der Waals surface area contributed by atoms with Gasteiger partial charge in [0.25, 0.3) is 5.91 Å². The average Bonchev–Trinajstić information content (AvgIpc) is 3.05. The first-order chi connectivity index (χ1) is 12.4. The van der Waals surface area contributed by atoms with Gasteiger partial charge in [-0.05, 0) is 36.8 Å². The van der Waals surface area contributed by atoms with Gasteiger partial charge < -0.3 is 19.5 Å². The highest BCUT2D eigenvalue weighted by Gasteiger charge is 2.20. The molecule has 0 unspecified atom stereocenters. The van der Waals surface area contributed by atoms with Gasteiger partial charge in [0, 0.05) is 11.8 Å². The summed E-state index contributed by atoms with van der Waals surface area (Å²) in [5.41, 5.74) is 1.17. The fourth-order valence-corrected chi connectivity index (χ4v) is 2.65. The molecular formula is C18H15Cl2NO5. The quantitative estimate of drug-likeness (QED) is 0.778. The second-order valence-corrected chi connectivity index (χ2v) is 6.43. The Kier molecular flexibility index (Phi) is 5.54. The van der Waals surface area contributed by atoms with E-state index in [9.17, 15) is 9.59 Å². The maximum Gasteiger partial charge on any atom is 0.311 e. The number of anilines is 1. The van der Waals surface area contributed by atoms with Crippen molar-refractivity contribution in [3.63, 3.8) is 0 Å². The molecule has 1 aliphatic rings. The summed E-state index contributed by atoms with van der Waals surface area (Å²) >= 11 is 11.8. The van der Waals surface area contributed by atoms with Crippen molar-refractivity contribution in [3.05, 3.63) is 52.0 Å². The summed E-state index contributed by atoms with van der Waals surface area (Å²) in [5, 5.41) is 3.42. The third-order valence-electron chi connectivity index (χ3n) is 3.65. The Balaban J connectivity index is 1.54. The predicted molar refractivity (Wildman–Crippen MR) is 96.9 cm³/mol. The molecule has 0 spiro atoms. The summed E-state index contributed by atoms with van der Waals surface area (Å²) in [6.45, 7) is 1.64. The fourth-order valence-electron chi connectivity index (χ4n) is 2.33. The number of rotatable bonds is 5. The number of benzene rings is 2. The molecule has 0 aliphatic carbocycles. The smallest absolute Gasteiger partial charge is 0.311 e. The predicted octanol–water partition coefficient (Wildman–Crippen LogP) is 3.84. The topological polar surface area (TPSA) is 73.9 Å². The number of halogens is 2. The minimum atomic E-state index is -0.962. The van der Waals surface area contributed by atoms with Gasteiger partial charge in [0.2, 0.25) is 6.79 Å². The van der Waals surface area contributed by atoms with Crippen LogP contribution < -0.4 is 14.8 Å². The van der Waals surface area contributed by atoms with Gasteiger partial charge in [-0.25, -0.2) is 0 Å². The van der Waals surface area contributed by atoms with Crippen LogP contribution in [-0.2, 0) is 20.7 Å². The molecule has 0 saturated carbocycles. The Morgan fingerprint density at radius 2 is 1.88 bits per heavy atom. The van der Waals surface area contributed by atoms with Crippen LogP contribution in [0, 0.1) is 0 Å². The van der Waals surface area contributed by atoms with Crippen LogP contribution in [0.15, 0.2) is 36.4 Å². The van der Waals surface area contributed by atoms with E-state index in [1.807, 2.05) is 0 Å². The van der Waals surface area contributed by atoms with E-state index in [4.69, 9.17) is 37.4 Å². The molecule has 0 saturated heterocycles. The molecule has 136 valence electrons. The normalized spacial score (nSPS) is 13.2. The first kappa shape index (κ1) is 18.4. The van der Waals surface area contributed by atoms with E-state index in [0.29, 0.717) is 32.8 Å². The number of carbonyl (C=O) groups is 2. The van der Waals surface area contributed by atoms with Crippen LogP contribution >= 0.6 is 23.2 Å². The fraction of sp³-hybridized carbons (Fsp3) is 0.222. The van der Waals surface area contributed by atoms with Crippen molar-refractivity contribution in [2.45, 2.75) is 19.4 Å². The number of esters is 1. The molecule has 3 rings (SSSR count). The highest BCUT2D eigenvalue weighted by molar-refractivity contribution is 6.42. The lowest BCUT2D eigenvalue weighted by Crippen LogP contribution is -2.30. The van der Waals surface area contributed by atoms with Crippen LogP contribution in [0.5, 0.6) is 11.5 Å². The van der Waals surface area contributed by atoms with E-state index in [1.54, 1.807) is 36.4 Å². The molecule has 1 aliphatic heterocycles. The maximum atomic E-state index is 12.2. The zero-order chi connectivity index (χ0) is 18.7. The van der Waals surface area contributed by atoms with Crippen LogP contribution in [0.1, 0.15) is 12.5 Å². The monoisotopic (exact) mass is 395 g/mol. The summed E-state index contributed by atoms with van der Waals surface area (Å²) in [6.07, 6.45) is -0.978. The zero-order valence-corrected chi connectivity index (χ0v) is 15.3. The summed E-state index contributed by atoms with van der Waals surface area (Å²) < 4.78 is 15.6. The van der Waals surface area contributed by atoms with Crippen LogP contribution in [0.4, 0.5) is 5.69 Å². The van der Waals surface area contributed by atoms with Gasteiger partial charge in [-0.1, -0.05) is 29.3 Å². The number of hydrogen-bond acceptors (Lipinski definition) is 5. The van der Waals surface area contributed by atoms with Crippen molar-refractivity contribution < 1.29 is 23.8 Å². The van der Waals surface area contributed by atoms with E-state index in [-0.39, 0.29) is 13.2 Å². The van der Waals surface area contributed by atoms with Crippen molar-refractivity contribution >= 4 is 40.8 Å². The lowest BCUT2D eigenvalue weighted by Gasteiger charge is -2.14. The van der Waals surface area contributed by atoms with E-state index < -0.39 is 18.0 Å². The Labute approximate surface area is 159 Å². The first-order valence-corrected chi connectivity index (χ1v) is 8.52. The minimum Gasteiger partial charge on any atom is -0.454 e. The lowest BCUT2D eigenvalue weighted by molar-refractivity contribution is -0.152. The van der Waals surface area contributed by atoms with E-state index in [1.165, 1.54) is 6.92 Å². The van der Waals surface area contributed by atoms with Crippen LogP contribution in [0.25, 0.3) is 0 Å². The summed E-state index contributed by atoms with van der Waals surface area (Å²) in [4.78, 5) is 24.2. The van der Waals surface area contributed by atoms with Crippen LogP contribution in [-0.4, -0.2) is 24.8 Å². The third kappa shape index (κ3) is 4.39. The Bertz CT molecular complexity index is 855. The standard InChI is InChI=1S/C18H15Cl2NO5/c1-10(26-17(22)7-11-2-4-13(19)14(20)6-11)18(23)21-12-3-5-15-16(8-12)25-9-24-15/h2-6,8,10H,7,9H2,1H3,(H,21,23)/t10-/m0/s1. The molecule has 1 N–H and O–H groups in total. The molecule has 0 aromatic heterocycles. The molecular weight excluding hydrogens is 381 g/mol. The van der Waals surface area contributed by atoms with Crippen molar-refractivity contribution in [1.82, 2.24) is 0 Å². The number of amides is 1. The Morgan fingerprint density at radius 1 is 1.12 bits per heavy atom. The number of ether oxygens (including phenoxy) is 3. The van der Waals surface area contributed by atoms with Gasteiger partial charge >= 0.3 is 5.97 Å². The number of carbonyl (C=O) groups excluding carboxylic acids is 2. The zero-order valence-electron chi connectivity index (χ0n) is 13.8. The van der Waals surface area contributed by atoms with Gasteiger partial charge in [-0.15, -0.1) is 0 Å². The van der Waals surface area contributed by atoms with Gasteiger partial charge in [0.1, 0.15) is 0 Å². The van der Waals surface area contributed by atoms with E-state index in [2.05, 4.69) is 5.32 Å². The molecule has 6 nitrogen and oxygen atoms in total.